The maximum absolute atomic E-state index is 13.0. The molecule has 1 fully saturated rings. The second-order valence-corrected chi connectivity index (χ2v) is 9.76. The van der Waals surface area contributed by atoms with Gasteiger partial charge in [-0.25, -0.2) is 13.4 Å². The molecule has 1 N–H and O–H groups in total. The van der Waals surface area contributed by atoms with Crippen molar-refractivity contribution < 1.29 is 17.6 Å². The number of nitrogens with zero attached hydrogens (tertiary/aromatic N) is 2. The minimum Gasteiger partial charge on any atom is -0.440 e. The summed E-state index contributed by atoms with van der Waals surface area (Å²) < 4.78 is 33.6. The Morgan fingerprint density at radius 3 is 2.27 bits per heavy atom. The van der Waals surface area contributed by atoms with E-state index in [-0.39, 0.29) is 16.7 Å². The van der Waals surface area contributed by atoms with Gasteiger partial charge in [-0.15, -0.1) is 0 Å². The molecule has 168 valence electrons. The highest BCUT2D eigenvalue weighted by Gasteiger charge is 2.28. The summed E-state index contributed by atoms with van der Waals surface area (Å²) in [6, 6.07) is 22.4. The highest BCUT2D eigenvalue weighted by atomic mass is 32.2. The van der Waals surface area contributed by atoms with E-state index in [0.717, 1.165) is 29.8 Å². The minimum absolute atomic E-state index is 0.106. The van der Waals surface area contributed by atoms with E-state index in [4.69, 9.17) is 4.42 Å². The molecule has 2 heterocycles. The molecule has 1 aromatic heterocycles. The van der Waals surface area contributed by atoms with Gasteiger partial charge in [0, 0.05) is 30.3 Å². The monoisotopic (exact) mass is 461 g/mol. The van der Waals surface area contributed by atoms with E-state index in [0.29, 0.717) is 24.3 Å². The summed E-state index contributed by atoms with van der Waals surface area (Å²) in [6.45, 7) is 1.19. The van der Waals surface area contributed by atoms with Gasteiger partial charge in [-0.1, -0.05) is 30.3 Å². The smallest absolute Gasteiger partial charge is 0.261 e. The highest BCUT2D eigenvalue weighted by molar-refractivity contribution is 7.92. The molecule has 0 saturated carbocycles. The molecule has 0 bridgehead atoms. The van der Waals surface area contributed by atoms with Gasteiger partial charge in [0.25, 0.3) is 15.9 Å². The average molecular weight is 462 g/mol. The topological polar surface area (TPSA) is 92.5 Å². The number of piperidine rings is 1. The maximum Gasteiger partial charge on any atom is 0.261 e. The van der Waals surface area contributed by atoms with E-state index >= 15 is 0 Å². The largest absolute Gasteiger partial charge is 0.440 e. The van der Waals surface area contributed by atoms with Gasteiger partial charge >= 0.3 is 0 Å². The fourth-order valence-electron chi connectivity index (χ4n) is 4.07. The third-order valence-electron chi connectivity index (χ3n) is 5.88. The van der Waals surface area contributed by atoms with Gasteiger partial charge in [-0.3, -0.25) is 9.52 Å². The first-order valence-electron chi connectivity index (χ1n) is 10.8. The number of aromatic nitrogens is 1. The zero-order valence-corrected chi connectivity index (χ0v) is 18.7. The lowest BCUT2D eigenvalue weighted by molar-refractivity contribution is 0.0706. The first-order chi connectivity index (χ1) is 16.0. The molecule has 0 spiro atoms. The summed E-state index contributed by atoms with van der Waals surface area (Å²) >= 11 is 0. The van der Waals surface area contributed by atoms with Crippen molar-refractivity contribution in [2.24, 2.45) is 0 Å². The lowest BCUT2D eigenvalue weighted by atomic mass is 9.96. The van der Waals surface area contributed by atoms with E-state index < -0.39 is 10.0 Å². The van der Waals surface area contributed by atoms with Crippen molar-refractivity contribution in [1.82, 2.24) is 9.88 Å². The van der Waals surface area contributed by atoms with E-state index in [1.165, 1.54) is 12.1 Å². The van der Waals surface area contributed by atoms with Crippen molar-refractivity contribution in [2.45, 2.75) is 23.7 Å². The van der Waals surface area contributed by atoms with Crippen LogP contribution in [0.25, 0.3) is 11.1 Å². The summed E-state index contributed by atoms with van der Waals surface area (Å²) in [5, 5.41) is 0. The average Bonchev–Trinajstić information content (AvgIpc) is 3.29. The van der Waals surface area contributed by atoms with Gasteiger partial charge in [0.2, 0.25) is 0 Å². The summed E-state index contributed by atoms with van der Waals surface area (Å²) in [5.41, 5.74) is 2.58. The summed E-state index contributed by atoms with van der Waals surface area (Å²) in [5.74, 6) is 0.799. The van der Waals surface area contributed by atoms with E-state index in [2.05, 4.69) is 9.71 Å². The third-order valence-corrected chi connectivity index (χ3v) is 7.28. The number of benzene rings is 3. The van der Waals surface area contributed by atoms with Gasteiger partial charge in [0.1, 0.15) is 5.52 Å². The summed E-state index contributed by atoms with van der Waals surface area (Å²) in [4.78, 5) is 19.5. The number of hydrogen-bond acceptors (Lipinski definition) is 5. The number of rotatable bonds is 5. The Hall–Kier alpha value is -3.65. The van der Waals surface area contributed by atoms with Crippen LogP contribution < -0.4 is 4.72 Å². The first-order valence-corrected chi connectivity index (χ1v) is 12.3. The fraction of sp³-hybridized carbons (Fsp3) is 0.200. The Balaban J connectivity index is 1.23. The standard InChI is InChI=1S/C25H23N3O4S/c29-25(19-10-12-21(13-11-19)33(30,31)27-20-6-2-1-3-7-20)28-16-14-18(15-17-28)24-26-22-8-4-5-9-23(22)32-24/h1-13,18,27H,14-17H2. The zero-order chi connectivity index (χ0) is 22.8. The molecule has 1 saturated heterocycles. The van der Waals surface area contributed by atoms with Gasteiger partial charge in [-0.05, 0) is 61.4 Å². The zero-order valence-electron chi connectivity index (χ0n) is 17.8. The molecule has 4 aromatic rings. The minimum atomic E-state index is -3.72. The van der Waals surface area contributed by atoms with Gasteiger partial charge in [-0.2, -0.15) is 0 Å². The second kappa shape index (κ2) is 8.71. The molecule has 1 aliphatic rings. The number of oxazole rings is 1. The van der Waals surface area contributed by atoms with Gasteiger partial charge in [0.05, 0.1) is 4.90 Å². The number of nitrogens with one attached hydrogen (secondary N) is 1. The van der Waals surface area contributed by atoms with Crippen LogP contribution in [0.2, 0.25) is 0 Å². The van der Waals surface area contributed by atoms with Crippen molar-refractivity contribution in [3.8, 4) is 0 Å². The van der Waals surface area contributed by atoms with Crippen molar-refractivity contribution in [2.75, 3.05) is 17.8 Å². The second-order valence-electron chi connectivity index (χ2n) is 8.08. The lowest BCUT2D eigenvalue weighted by Gasteiger charge is -2.30. The molecule has 33 heavy (non-hydrogen) atoms. The van der Waals surface area contributed by atoms with Crippen LogP contribution in [0.5, 0.6) is 0 Å². The van der Waals surface area contributed by atoms with Crippen LogP contribution in [-0.4, -0.2) is 37.3 Å². The van der Waals surface area contributed by atoms with Crippen LogP contribution in [0, 0.1) is 0 Å². The van der Waals surface area contributed by atoms with Crippen LogP contribution in [0.4, 0.5) is 5.69 Å². The molecule has 1 aliphatic heterocycles. The number of hydrogen-bond donors (Lipinski definition) is 1. The van der Waals surface area contributed by atoms with Crippen LogP contribution in [0.1, 0.15) is 35.0 Å². The molecule has 7 nitrogen and oxygen atoms in total. The maximum atomic E-state index is 13.0. The number of carbonyl (C=O) groups excluding carboxylic acids is 1. The van der Waals surface area contributed by atoms with E-state index in [1.54, 1.807) is 41.3 Å². The fourth-order valence-corrected chi connectivity index (χ4v) is 5.13. The Labute approximate surface area is 192 Å². The van der Waals surface area contributed by atoms with Gasteiger partial charge < -0.3 is 9.32 Å². The number of amides is 1. The molecule has 0 radical (unpaired) electrons. The first kappa shape index (κ1) is 21.2. The Kier molecular flexibility index (Phi) is 5.60. The van der Waals surface area contributed by atoms with Crippen LogP contribution in [0.15, 0.2) is 88.2 Å². The van der Waals surface area contributed by atoms with Gasteiger partial charge in [0.15, 0.2) is 11.5 Å². The molecule has 1 amide bonds. The van der Waals surface area contributed by atoms with Crippen LogP contribution in [0.3, 0.4) is 0 Å². The SMILES string of the molecule is O=C(c1ccc(S(=O)(=O)Nc2ccccc2)cc1)N1CCC(c2nc3ccccc3o2)CC1. The number of carbonyl (C=O) groups is 1. The number of likely N-dealkylation sites (tertiary alicyclic amines) is 1. The normalized spacial score (nSPS) is 15.0. The Bertz CT molecular complexity index is 1340. The number of fused-ring (bicyclic) bond motifs is 1. The summed E-state index contributed by atoms with van der Waals surface area (Å²) in [6.07, 6.45) is 1.54. The number of anilines is 1. The molecule has 0 atom stereocenters. The lowest BCUT2D eigenvalue weighted by Crippen LogP contribution is -2.38. The quantitative estimate of drug-likeness (QED) is 0.467. The predicted molar refractivity (Wildman–Crippen MR) is 126 cm³/mol. The Morgan fingerprint density at radius 2 is 1.58 bits per heavy atom. The predicted octanol–water partition coefficient (Wildman–Crippen LogP) is 4.65. The van der Waals surface area contributed by atoms with Crippen molar-refractivity contribution in [3.63, 3.8) is 0 Å². The van der Waals surface area contributed by atoms with Crippen molar-refractivity contribution in [3.05, 3.63) is 90.3 Å². The van der Waals surface area contributed by atoms with E-state index in [9.17, 15) is 13.2 Å². The molecule has 5 rings (SSSR count). The van der Waals surface area contributed by atoms with Crippen LogP contribution >= 0.6 is 0 Å². The van der Waals surface area contributed by atoms with Crippen molar-refractivity contribution >= 4 is 32.7 Å². The van der Waals surface area contributed by atoms with E-state index in [1.807, 2.05) is 30.3 Å². The number of para-hydroxylation sites is 3. The molecular formula is C25H23N3O4S. The molecule has 3 aromatic carbocycles. The highest BCUT2D eigenvalue weighted by Crippen LogP contribution is 2.30. The molecule has 0 unspecified atom stereocenters. The molecule has 0 aliphatic carbocycles. The molecule has 8 heteroatoms. The molecular weight excluding hydrogens is 438 g/mol. The third kappa shape index (κ3) is 4.47. The summed E-state index contributed by atoms with van der Waals surface area (Å²) in [7, 11) is -3.72. The Morgan fingerprint density at radius 1 is 0.909 bits per heavy atom. The number of sulfonamides is 1. The van der Waals surface area contributed by atoms with Crippen LogP contribution in [-0.2, 0) is 10.0 Å². The van der Waals surface area contributed by atoms with Crippen molar-refractivity contribution in [1.29, 1.82) is 0 Å².